The first-order valence-electron chi connectivity index (χ1n) is 7.06. The second-order valence-electron chi connectivity index (χ2n) is 5.32. The molecule has 1 N–H and O–H groups in total. The van der Waals surface area contributed by atoms with Gasteiger partial charge in [0.1, 0.15) is 10.9 Å². The van der Waals surface area contributed by atoms with Gasteiger partial charge in [-0.05, 0) is 19.0 Å². The lowest BCUT2D eigenvalue weighted by molar-refractivity contribution is -0.385. The SMILES string of the molecule is CNCc1nc(C(C)C)c(Sc2cccc([N+](=O)[O-])c2)n1C. The van der Waals surface area contributed by atoms with Crippen LogP contribution in [-0.4, -0.2) is 21.5 Å². The van der Waals surface area contributed by atoms with Gasteiger partial charge in [0.2, 0.25) is 0 Å². The van der Waals surface area contributed by atoms with E-state index in [2.05, 4.69) is 23.7 Å². The van der Waals surface area contributed by atoms with Gasteiger partial charge in [0, 0.05) is 24.1 Å². The van der Waals surface area contributed by atoms with E-state index in [0.717, 1.165) is 21.4 Å². The van der Waals surface area contributed by atoms with Crippen LogP contribution in [0.2, 0.25) is 0 Å². The van der Waals surface area contributed by atoms with Gasteiger partial charge in [-0.25, -0.2) is 4.98 Å². The highest BCUT2D eigenvalue weighted by Gasteiger charge is 2.18. The third-order valence-corrected chi connectivity index (χ3v) is 4.45. The van der Waals surface area contributed by atoms with Crippen molar-refractivity contribution in [1.82, 2.24) is 14.9 Å². The maximum absolute atomic E-state index is 10.9. The molecule has 0 saturated carbocycles. The molecule has 0 radical (unpaired) electrons. The highest BCUT2D eigenvalue weighted by atomic mass is 32.2. The van der Waals surface area contributed by atoms with E-state index in [1.165, 1.54) is 17.8 Å². The smallest absolute Gasteiger partial charge is 0.270 e. The van der Waals surface area contributed by atoms with Crippen LogP contribution in [0.4, 0.5) is 5.69 Å². The second-order valence-corrected chi connectivity index (χ2v) is 6.38. The van der Waals surface area contributed by atoms with Gasteiger partial charge >= 0.3 is 0 Å². The molecular formula is C15H20N4O2S. The van der Waals surface area contributed by atoms with Crippen LogP contribution in [0.1, 0.15) is 31.3 Å². The van der Waals surface area contributed by atoms with Gasteiger partial charge in [-0.1, -0.05) is 31.7 Å². The number of nitrogens with zero attached hydrogens (tertiary/aromatic N) is 3. The lowest BCUT2D eigenvalue weighted by Crippen LogP contribution is -2.10. The van der Waals surface area contributed by atoms with Crippen LogP contribution < -0.4 is 5.32 Å². The van der Waals surface area contributed by atoms with Crippen molar-refractivity contribution in [3.8, 4) is 0 Å². The van der Waals surface area contributed by atoms with Crippen molar-refractivity contribution in [1.29, 1.82) is 0 Å². The minimum absolute atomic E-state index is 0.105. The normalized spacial score (nSPS) is 11.1. The summed E-state index contributed by atoms with van der Waals surface area (Å²) < 4.78 is 2.05. The molecule has 1 heterocycles. The number of imidazole rings is 1. The molecule has 7 heteroatoms. The molecule has 0 atom stereocenters. The van der Waals surface area contributed by atoms with E-state index < -0.39 is 0 Å². The molecule has 0 aliphatic heterocycles. The Labute approximate surface area is 134 Å². The van der Waals surface area contributed by atoms with E-state index in [4.69, 9.17) is 4.98 Å². The summed E-state index contributed by atoms with van der Waals surface area (Å²) in [5.74, 6) is 1.25. The first kappa shape index (κ1) is 16.5. The molecule has 2 rings (SSSR count). The molecule has 0 unspecified atom stereocenters. The molecule has 1 aromatic carbocycles. The van der Waals surface area contributed by atoms with Crippen molar-refractivity contribution >= 4 is 17.4 Å². The summed E-state index contributed by atoms with van der Waals surface area (Å²) >= 11 is 1.52. The number of nitro benzene ring substituents is 1. The van der Waals surface area contributed by atoms with E-state index >= 15 is 0 Å². The Kier molecular flexibility index (Phi) is 5.20. The number of rotatable bonds is 6. The summed E-state index contributed by atoms with van der Waals surface area (Å²) in [6.07, 6.45) is 0. The highest BCUT2D eigenvalue weighted by molar-refractivity contribution is 7.99. The van der Waals surface area contributed by atoms with E-state index in [0.29, 0.717) is 6.54 Å². The number of benzene rings is 1. The summed E-state index contributed by atoms with van der Waals surface area (Å²) in [6, 6.07) is 6.69. The first-order valence-corrected chi connectivity index (χ1v) is 7.88. The number of nitro groups is 1. The quantitative estimate of drug-likeness (QED) is 0.653. The van der Waals surface area contributed by atoms with Crippen molar-refractivity contribution < 1.29 is 4.92 Å². The van der Waals surface area contributed by atoms with Crippen LogP contribution >= 0.6 is 11.8 Å². The number of hydrogen-bond donors (Lipinski definition) is 1. The molecule has 2 aromatic rings. The molecule has 0 saturated heterocycles. The zero-order valence-electron chi connectivity index (χ0n) is 13.2. The Morgan fingerprint density at radius 3 is 2.77 bits per heavy atom. The van der Waals surface area contributed by atoms with Crippen LogP contribution in [-0.2, 0) is 13.6 Å². The standard InChI is InChI=1S/C15H20N4O2S/c1-10(2)14-15(18(4)13(17-14)9-16-3)22-12-7-5-6-11(8-12)19(20)21/h5-8,10,16H,9H2,1-4H3. The third kappa shape index (κ3) is 3.48. The molecule has 0 spiro atoms. The average molecular weight is 320 g/mol. The first-order chi connectivity index (χ1) is 10.4. The maximum Gasteiger partial charge on any atom is 0.270 e. The van der Waals surface area contributed by atoms with Crippen molar-refractivity contribution in [2.75, 3.05) is 7.05 Å². The molecular weight excluding hydrogens is 300 g/mol. The highest BCUT2D eigenvalue weighted by Crippen LogP contribution is 2.35. The van der Waals surface area contributed by atoms with Gasteiger partial charge in [-0.3, -0.25) is 10.1 Å². The van der Waals surface area contributed by atoms with Gasteiger partial charge in [-0.15, -0.1) is 0 Å². The lowest BCUT2D eigenvalue weighted by atomic mass is 10.2. The molecule has 6 nitrogen and oxygen atoms in total. The Bertz CT molecular complexity index is 682. The van der Waals surface area contributed by atoms with Crippen molar-refractivity contribution in [3.63, 3.8) is 0 Å². The van der Waals surface area contributed by atoms with Crippen LogP contribution in [0.5, 0.6) is 0 Å². The molecule has 118 valence electrons. The summed E-state index contributed by atoms with van der Waals surface area (Å²) in [5, 5.41) is 15.0. The van der Waals surface area contributed by atoms with Crippen molar-refractivity contribution in [2.24, 2.45) is 7.05 Å². The largest absolute Gasteiger partial charge is 0.325 e. The van der Waals surface area contributed by atoms with Crippen LogP contribution in [0.25, 0.3) is 0 Å². The predicted octanol–water partition coefficient (Wildman–Crippen LogP) is 3.32. The van der Waals surface area contributed by atoms with Gasteiger partial charge in [0.05, 0.1) is 17.2 Å². The summed E-state index contributed by atoms with van der Waals surface area (Å²) in [4.78, 5) is 16.1. The van der Waals surface area contributed by atoms with Crippen molar-refractivity contribution in [2.45, 2.75) is 36.2 Å². The number of aromatic nitrogens is 2. The van der Waals surface area contributed by atoms with Gasteiger partial charge < -0.3 is 9.88 Å². The lowest BCUT2D eigenvalue weighted by Gasteiger charge is -2.08. The monoisotopic (exact) mass is 320 g/mol. The Morgan fingerprint density at radius 2 is 2.18 bits per heavy atom. The van der Waals surface area contributed by atoms with E-state index in [-0.39, 0.29) is 16.5 Å². The van der Waals surface area contributed by atoms with Crippen LogP contribution in [0.15, 0.2) is 34.2 Å². The van der Waals surface area contributed by atoms with Crippen LogP contribution in [0.3, 0.4) is 0 Å². The molecule has 0 aliphatic rings. The molecule has 0 amide bonds. The Hall–Kier alpha value is -1.86. The number of non-ortho nitro benzene ring substituents is 1. The van der Waals surface area contributed by atoms with Gasteiger partial charge in [-0.2, -0.15) is 0 Å². The molecule has 0 bridgehead atoms. The van der Waals surface area contributed by atoms with Gasteiger partial charge in [0.15, 0.2) is 0 Å². The Balaban J connectivity index is 2.39. The second kappa shape index (κ2) is 6.93. The van der Waals surface area contributed by atoms with E-state index in [1.54, 1.807) is 12.1 Å². The molecule has 0 aliphatic carbocycles. The summed E-state index contributed by atoms with van der Waals surface area (Å²) in [5.41, 5.74) is 1.12. The summed E-state index contributed by atoms with van der Waals surface area (Å²) in [7, 11) is 3.86. The van der Waals surface area contributed by atoms with Crippen molar-refractivity contribution in [3.05, 3.63) is 45.9 Å². The maximum atomic E-state index is 10.9. The average Bonchev–Trinajstić information content (AvgIpc) is 2.77. The zero-order valence-corrected chi connectivity index (χ0v) is 14.0. The molecule has 0 fully saturated rings. The predicted molar refractivity (Wildman–Crippen MR) is 87.3 cm³/mol. The molecule has 1 aromatic heterocycles. The molecule has 22 heavy (non-hydrogen) atoms. The van der Waals surface area contributed by atoms with Gasteiger partial charge in [0.25, 0.3) is 5.69 Å². The fourth-order valence-corrected chi connectivity index (χ4v) is 3.31. The summed E-state index contributed by atoms with van der Waals surface area (Å²) in [6.45, 7) is 4.89. The fraction of sp³-hybridized carbons (Fsp3) is 0.400. The fourth-order valence-electron chi connectivity index (χ4n) is 2.14. The number of nitrogens with one attached hydrogen (secondary N) is 1. The minimum atomic E-state index is -0.372. The topological polar surface area (TPSA) is 73.0 Å². The van der Waals surface area contributed by atoms with E-state index in [9.17, 15) is 10.1 Å². The van der Waals surface area contributed by atoms with Crippen LogP contribution in [0, 0.1) is 10.1 Å². The zero-order chi connectivity index (χ0) is 16.3. The third-order valence-electron chi connectivity index (χ3n) is 3.29. The number of hydrogen-bond acceptors (Lipinski definition) is 5. The minimum Gasteiger partial charge on any atom is -0.325 e. The Morgan fingerprint density at radius 1 is 1.45 bits per heavy atom. The van der Waals surface area contributed by atoms with E-state index in [1.807, 2.05) is 20.2 Å².